The summed E-state index contributed by atoms with van der Waals surface area (Å²) in [5.74, 6) is -0.181. The van der Waals surface area contributed by atoms with E-state index in [9.17, 15) is 4.79 Å². The van der Waals surface area contributed by atoms with Crippen molar-refractivity contribution < 1.29 is 14.3 Å². The molecule has 0 atom stereocenters. The topological polar surface area (TPSA) is 76.2 Å². The predicted molar refractivity (Wildman–Crippen MR) is 56.2 cm³/mol. The maximum absolute atomic E-state index is 11.1. The van der Waals surface area contributed by atoms with Gasteiger partial charge in [-0.3, -0.25) is 4.79 Å². The van der Waals surface area contributed by atoms with Gasteiger partial charge in [-0.05, 0) is 25.0 Å². The van der Waals surface area contributed by atoms with Crippen molar-refractivity contribution in [2.45, 2.75) is 18.3 Å². The highest BCUT2D eigenvalue weighted by Crippen LogP contribution is 2.50. The van der Waals surface area contributed by atoms with E-state index in [1.54, 1.807) is 18.4 Å². The van der Waals surface area contributed by atoms with Gasteiger partial charge < -0.3 is 9.52 Å². The van der Waals surface area contributed by atoms with Gasteiger partial charge in [0.1, 0.15) is 10.4 Å². The highest BCUT2D eigenvalue weighted by atomic mass is 32.1. The van der Waals surface area contributed by atoms with Crippen molar-refractivity contribution in [3.05, 3.63) is 23.4 Å². The summed E-state index contributed by atoms with van der Waals surface area (Å²) in [5, 5.41) is 18.2. The van der Waals surface area contributed by atoms with Crippen molar-refractivity contribution in [3.63, 3.8) is 0 Å². The molecule has 1 aliphatic rings. The van der Waals surface area contributed by atoms with E-state index in [2.05, 4.69) is 10.2 Å². The molecule has 1 saturated carbocycles. The second kappa shape index (κ2) is 3.15. The van der Waals surface area contributed by atoms with Gasteiger partial charge in [-0.2, -0.15) is 0 Å². The largest absolute Gasteiger partial charge is 0.481 e. The van der Waals surface area contributed by atoms with Crippen LogP contribution in [0.15, 0.2) is 22.8 Å². The van der Waals surface area contributed by atoms with Gasteiger partial charge in [-0.25, -0.2) is 0 Å². The zero-order valence-electron chi connectivity index (χ0n) is 8.21. The molecule has 3 rings (SSSR count). The van der Waals surface area contributed by atoms with Gasteiger partial charge >= 0.3 is 5.97 Å². The van der Waals surface area contributed by atoms with Crippen LogP contribution in [-0.4, -0.2) is 21.3 Å². The number of carbonyl (C=O) groups is 1. The van der Waals surface area contributed by atoms with Crippen LogP contribution in [0.3, 0.4) is 0 Å². The Morgan fingerprint density at radius 2 is 2.31 bits per heavy atom. The lowest BCUT2D eigenvalue weighted by molar-refractivity contribution is -0.140. The molecule has 2 aromatic rings. The normalized spacial score (nSPS) is 17.2. The van der Waals surface area contributed by atoms with Gasteiger partial charge in [0.2, 0.25) is 0 Å². The molecule has 5 nitrogen and oxygen atoms in total. The Bertz CT molecular complexity index is 528. The maximum Gasteiger partial charge on any atom is 0.316 e. The Kier molecular flexibility index (Phi) is 1.88. The van der Waals surface area contributed by atoms with E-state index in [4.69, 9.17) is 9.52 Å². The molecule has 0 amide bonds. The number of rotatable bonds is 3. The fourth-order valence-corrected chi connectivity index (χ4v) is 2.61. The van der Waals surface area contributed by atoms with E-state index in [-0.39, 0.29) is 0 Å². The number of carboxylic acids is 1. The van der Waals surface area contributed by atoms with Crippen molar-refractivity contribution >= 4 is 17.3 Å². The summed E-state index contributed by atoms with van der Waals surface area (Å²) in [7, 11) is 0. The maximum atomic E-state index is 11.1. The number of furan rings is 1. The lowest BCUT2D eigenvalue weighted by Crippen LogP contribution is -2.19. The fraction of sp³-hybridized carbons (Fsp3) is 0.300. The molecule has 6 heteroatoms. The minimum Gasteiger partial charge on any atom is -0.481 e. The van der Waals surface area contributed by atoms with Gasteiger partial charge in [0.05, 0.1) is 6.26 Å². The van der Waals surface area contributed by atoms with Crippen LogP contribution in [0, 0.1) is 0 Å². The zero-order chi connectivity index (χ0) is 11.2. The van der Waals surface area contributed by atoms with Crippen LogP contribution < -0.4 is 0 Å². The Labute approximate surface area is 94.7 Å². The lowest BCUT2D eigenvalue weighted by atomic mass is 10.1. The third-order valence-electron chi connectivity index (χ3n) is 2.73. The second-order valence-corrected chi connectivity index (χ2v) is 4.75. The second-order valence-electron chi connectivity index (χ2n) is 3.78. The first-order valence-electron chi connectivity index (χ1n) is 4.84. The van der Waals surface area contributed by atoms with Crippen molar-refractivity contribution in [1.29, 1.82) is 0 Å². The molecule has 1 aliphatic carbocycles. The van der Waals surface area contributed by atoms with Crippen molar-refractivity contribution in [1.82, 2.24) is 10.2 Å². The minimum atomic E-state index is -0.811. The Hall–Kier alpha value is -1.69. The number of nitrogens with zero attached hydrogens (tertiary/aromatic N) is 2. The molecule has 2 aromatic heterocycles. The molecule has 16 heavy (non-hydrogen) atoms. The number of aliphatic carboxylic acids is 1. The minimum absolute atomic E-state index is 0.575. The van der Waals surface area contributed by atoms with Crippen LogP contribution in [0.1, 0.15) is 17.8 Å². The first-order valence-corrected chi connectivity index (χ1v) is 5.65. The van der Waals surface area contributed by atoms with E-state index >= 15 is 0 Å². The summed E-state index contributed by atoms with van der Waals surface area (Å²) in [5.41, 5.74) is -0.775. The van der Waals surface area contributed by atoms with Crippen LogP contribution in [0.2, 0.25) is 0 Å². The standard InChI is InChI=1S/C10H8N2O3S/c13-9(14)10(3-4-10)8-12-11-7(16-8)6-2-1-5-15-6/h1-2,5H,3-4H2,(H,13,14). The van der Waals surface area contributed by atoms with Crippen molar-refractivity contribution in [3.8, 4) is 10.8 Å². The molecule has 2 heterocycles. The fourth-order valence-electron chi connectivity index (χ4n) is 1.56. The number of carboxylic acid groups (broad SMARTS) is 1. The summed E-state index contributed by atoms with van der Waals surface area (Å²) >= 11 is 1.29. The van der Waals surface area contributed by atoms with Crippen LogP contribution in [0.5, 0.6) is 0 Å². The third kappa shape index (κ3) is 1.26. The van der Waals surface area contributed by atoms with E-state index < -0.39 is 11.4 Å². The van der Waals surface area contributed by atoms with Gasteiger partial charge in [0, 0.05) is 0 Å². The average Bonchev–Trinajstić information content (AvgIpc) is 2.75. The quantitative estimate of drug-likeness (QED) is 0.880. The van der Waals surface area contributed by atoms with Crippen molar-refractivity contribution in [2.24, 2.45) is 0 Å². The Balaban J connectivity index is 1.98. The molecule has 1 fully saturated rings. The van der Waals surface area contributed by atoms with E-state index in [0.29, 0.717) is 28.6 Å². The number of hydrogen-bond donors (Lipinski definition) is 1. The molecule has 0 spiro atoms. The van der Waals surface area contributed by atoms with Gasteiger partial charge in [0.15, 0.2) is 10.8 Å². The monoisotopic (exact) mass is 236 g/mol. The van der Waals surface area contributed by atoms with Gasteiger partial charge in [0.25, 0.3) is 0 Å². The van der Waals surface area contributed by atoms with Crippen LogP contribution >= 0.6 is 11.3 Å². The highest BCUT2D eigenvalue weighted by molar-refractivity contribution is 7.14. The molecule has 0 bridgehead atoms. The first kappa shape index (κ1) is 9.53. The Morgan fingerprint density at radius 1 is 1.50 bits per heavy atom. The molecular formula is C10H8N2O3S. The van der Waals surface area contributed by atoms with Gasteiger partial charge in [-0.1, -0.05) is 11.3 Å². The summed E-state index contributed by atoms with van der Waals surface area (Å²) in [4.78, 5) is 11.1. The summed E-state index contributed by atoms with van der Waals surface area (Å²) in [6, 6.07) is 3.55. The highest BCUT2D eigenvalue weighted by Gasteiger charge is 2.54. The van der Waals surface area contributed by atoms with E-state index in [1.807, 2.05) is 0 Å². The van der Waals surface area contributed by atoms with Crippen molar-refractivity contribution in [2.75, 3.05) is 0 Å². The van der Waals surface area contributed by atoms with E-state index in [1.165, 1.54) is 11.3 Å². The molecule has 1 N–H and O–H groups in total. The Morgan fingerprint density at radius 3 is 2.88 bits per heavy atom. The first-order chi connectivity index (χ1) is 7.72. The van der Waals surface area contributed by atoms with Crippen LogP contribution in [-0.2, 0) is 10.2 Å². The molecule has 0 unspecified atom stereocenters. The van der Waals surface area contributed by atoms with Gasteiger partial charge in [-0.15, -0.1) is 10.2 Å². The molecular weight excluding hydrogens is 228 g/mol. The predicted octanol–water partition coefficient (Wildman–Crippen LogP) is 1.91. The van der Waals surface area contributed by atoms with E-state index in [0.717, 1.165) is 0 Å². The van der Waals surface area contributed by atoms with Crippen LogP contribution in [0.25, 0.3) is 10.8 Å². The summed E-state index contributed by atoms with van der Waals surface area (Å²) in [6.45, 7) is 0. The SMILES string of the molecule is O=C(O)C1(c2nnc(-c3ccco3)s2)CC1. The summed E-state index contributed by atoms with van der Waals surface area (Å²) in [6.07, 6.45) is 2.85. The molecule has 0 aromatic carbocycles. The smallest absolute Gasteiger partial charge is 0.316 e. The number of hydrogen-bond acceptors (Lipinski definition) is 5. The molecule has 82 valence electrons. The molecule has 0 aliphatic heterocycles. The summed E-state index contributed by atoms with van der Waals surface area (Å²) < 4.78 is 5.19. The zero-order valence-corrected chi connectivity index (χ0v) is 9.03. The number of aromatic nitrogens is 2. The lowest BCUT2D eigenvalue weighted by Gasteiger charge is -2.02. The molecule has 0 radical (unpaired) electrons. The van der Waals surface area contributed by atoms with Crippen LogP contribution in [0.4, 0.5) is 0 Å². The average molecular weight is 236 g/mol. The molecule has 0 saturated heterocycles. The third-order valence-corrected chi connectivity index (χ3v) is 3.87.